The molecule has 0 radical (unpaired) electrons. The summed E-state index contributed by atoms with van der Waals surface area (Å²) in [6, 6.07) is -0.474. The van der Waals surface area contributed by atoms with Gasteiger partial charge in [-0.15, -0.1) is 0 Å². The molecular weight excluding hydrogens is 1880 g/mol. The number of nitrogens with one attached hydrogen (secondary N) is 13. The van der Waals surface area contributed by atoms with E-state index in [4.69, 9.17) is 56.8 Å². The van der Waals surface area contributed by atoms with E-state index in [1.165, 1.54) is 66.7 Å². The fourth-order valence-electron chi connectivity index (χ4n) is 18.0. The first-order valence-corrected chi connectivity index (χ1v) is 51.2. The lowest BCUT2D eigenvalue weighted by Gasteiger charge is -2.44. The third-order valence-corrected chi connectivity index (χ3v) is 25.9. The Morgan fingerprint density at radius 1 is 0.333 bits per heavy atom. The molecule has 4 saturated heterocycles. The van der Waals surface area contributed by atoms with Crippen molar-refractivity contribution in [2.24, 2.45) is 29.6 Å². The predicted octanol–water partition coefficient (Wildman–Crippen LogP) is 4.01. The minimum atomic E-state index is -1.09. The zero-order valence-electron chi connectivity index (χ0n) is 86.7. The number of esters is 3. The van der Waals surface area contributed by atoms with E-state index in [0.717, 1.165) is 23.5 Å². The predicted molar refractivity (Wildman–Crippen MR) is 522 cm³/mol. The van der Waals surface area contributed by atoms with Gasteiger partial charge in [-0.25, -0.2) is 0 Å². The molecule has 5 aliphatic heterocycles. The van der Waals surface area contributed by atoms with Gasteiger partial charge in [0.1, 0.15) is 42.8 Å². The maximum absolute atomic E-state index is 14.2. The number of amides is 15. The fraction of sp³-hybridized carbons (Fsp3) is 0.740. The van der Waals surface area contributed by atoms with Crippen LogP contribution in [0.25, 0.3) is 0 Å². The van der Waals surface area contributed by atoms with E-state index in [1.807, 2.05) is 55.4 Å². The number of carbonyl (C=O) groups excluding carboxylic acids is 18. The topological polar surface area (TPSA) is 578 Å². The van der Waals surface area contributed by atoms with Gasteiger partial charge in [-0.1, -0.05) is 62.3 Å². The van der Waals surface area contributed by atoms with Gasteiger partial charge in [0, 0.05) is 194 Å². The average molecular weight is 2040 g/mol. The molecule has 15 amide bonds. The average Bonchev–Trinajstić information content (AvgIpc) is 1.04. The zero-order chi connectivity index (χ0) is 106. The minimum Gasteiger partial charge on any atom is -0.492 e. The molecule has 810 valence electrons. The lowest BCUT2D eigenvalue weighted by molar-refractivity contribution is -0.256. The van der Waals surface area contributed by atoms with E-state index in [2.05, 4.69) is 76.0 Å². The monoisotopic (exact) mass is 2040 g/mol. The van der Waals surface area contributed by atoms with E-state index in [0.29, 0.717) is 96.3 Å². The van der Waals surface area contributed by atoms with Gasteiger partial charge in [-0.2, -0.15) is 0 Å². The van der Waals surface area contributed by atoms with Gasteiger partial charge >= 0.3 is 17.9 Å². The Labute approximate surface area is 844 Å². The van der Waals surface area contributed by atoms with Crippen LogP contribution in [0.1, 0.15) is 279 Å². The van der Waals surface area contributed by atoms with Crippen LogP contribution in [-0.4, -0.2) is 301 Å². The van der Waals surface area contributed by atoms with Crippen LogP contribution in [-0.2, 0) is 129 Å². The van der Waals surface area contributed by atoms with Crippen molar-refractivity contribution < 1.29 is 143 Å². The first kappa shape index (κ1) is 122. The summed E-state index contributed by atoms with van der Waals surface area (Å²) < 4.78 is 72.2. The summed E-state index contributed by atoms with van der Waals surface area (Å²) in [4.78, 5) is 234. The molecule has 0 bridgehead atoms. The number of unbranched alkanes of at least 4 members (excludes halogenated alkanes) is 6. The second-order valence-electron chi connectivity index (χ2n) is 37.4. The SMILES string of the molecule is CCC1OC(OCCCCC(=O)N[C@@H](CCCCNC(=O)CCCCOC2OC(CC)C(OC(C)=O)C(C)C2NC(C)=O)C(=O)NCCNC(=O)c2cc(OCCNC(=O)CCN3C(=O)C=CC3=O)cc(C(=O)NCCNC(=O)C(CCCCNC(=O)CCCCOC3OC(CC)C(OC(C)=O)C(C)C3NC(C)=O)NC(=O)CCCCOC3OC(CC)C(OC(C)=O)C(C)C3NC(C)=O)c2)C(NC(C)=O)C(C)C1C. The Hall–Kier alpha value is -10.9. The molecule has 44 nitrogen and oxygen atoms in total. The molecule has 44 heteroatoms. The molecule has 0 aromatic heterocycles. The summed E-state index contributed by atoms with van der Waals surface area (Å²) in [5.41, 5.74) is -0.169. The van der Waals surface area contributed by atoms with Gasteiger partial charge < -0.3 is 126 Å². The van der Waals surface area contributed by atoms with Crippen molar-refractivity contribution in [3.8, 4) is 5.75 Å². The fourth-order valence-corrected chi connectivity index (χ4v) is 18.0. The molecule has 5 heterocycles. The lowest BCUT2D eigenvalue weighted by Crippen LogP contribution is -2.61. The molecule has 4 fully saturated rings. The maximum Gasteiger partial charge on any atom is 0.303 e. The third-order valence-electron chi connectivity index (χ3n) is 25.9. The van der Waals surface area contributed by atoms with E-state index < -0.39 is 169 Å². The standard InChI is InChI=1S/C100H160N14O30/c1-17-75-58(5)59(6)86(108-63(10)115)97(141-75)134-52-31-25-37-82(125)112-73(33-21-27-42-101-79(122)35-23-29-50-135-98-87(109-64(11)116)60(7)90(138-67(14)119)76(18-2)142-98)95(131)106-46-44-104-93(129)70-55-71(57-72(56-70)133-54-48-103-81(124)41-49-114-84(127)39-40-85(114)128)94(130)105-45-47-107-96(132)74(113-83(126)38-26-32-53-137-100-89(111-66(13)118)62(9)92(140-69(16)121)78(20-4)144-100)34-22-28-43-102-80(123)36-24-30-51-136-99-88(110-65(12)117)61(8)91(139-68(15)120)77(19-3)143-99/h39-40,55-62,73-78,86-92,97-100H,17-38,41-54H2,1-16H3,(H,101,122)(H,102,123)(H,103,124)(H,104,129)(H,105,130)(H,106,131)(H,107,132)(H,108,115)(H,109,116)(H,110,117)(H,111,118)(H,112,125)(H,113,126)/t58?,59?,60?,61?,62?,73-,74?,75?,76?,77?,78?,86?,87?,88?,89?,90?,91?,92?,97?,98?,99?,100?/m0/s1. The molecule has 0 spiro atoms. The number of hydrogen-bond acceptors (Lipinski definition) is 30. The molecule has 22 atom stereocenters. The summed E-state index contributed by atoms with van der Waals surface area (Å²) in [6.45, 7) is 26.9. The normalized spacial score (nSPS) is 24.8. The first-order chi connectivity index (χ1) is 68.7. The molecule has 0 saturated carbocycles. The van der Waals surface area contributed by atoms with Crippen molar-refractivity contribution in [1.82, 2.24) is 74.0 Å². The number of ether oxygens (including phenoxy) is 12. The van der Waals surface area contributed by atoms with Crippen molar-refractivity contribution >= 4 is 107 Å². The highest BCUT2D eigenvalue weighted by Crippen LogP contribution is 2.37. The zero-order valence-corrected chi connectivity index (χ0v) is 86.7. The lowest BCUT2D eigenvalue weighted by atomic mass is 9.81. The third kappa shape index (κ3) is 42.6. The Balaban J connectivity index is 1.08. The molecule has 5 aliphatic rings. The summed E-state index contributed by atoms with van der Waals surface area (Å²) >= 11 is 0. The van der Waals surface area contributed by atoms with Crippen molar-refractivity contribution in [1.29, 1.82) is 0 Å². The van der Waals surface area contributed by atoms with Crippen molar-refractivity contribution in [2.75, 3.05) is 85.4 Å². The van der Waals surface area contributed by atoms with E-state index >= 15 is 0 Å². The van der Waals surface area contributed by atoms with Crippen LogP contribution in [0.5, 0.6) is 5.75 Å². The van der Waals surface area contributed by atoms with Gasteiger partial charge in [0.15, 0.2) is 25.2 Å². The second-order valence-corrected chi connectivity index (χ2v) is 37.4. The van der Waals surface area contributed by atoms with Gasteiger partial charge in [-0.3, -0.25) is 91.2 Å². The molecule has 1 aromatic rings. The van der Waals surface area contributed by atoms with Crippen LogP contribution in [0.15, 0.2) is 30.4 Å². The van der Waals surface area contributed by atoms with Gasteiger partial charge in [0.05, 0.1) is 55.1 Å². The van der Waals surface area contributed by atoms with E-state index in [9.17, 15) is 86.3 Å². The highest BCUT2D eigenvalue weighted by molar-refractivity contribution is 6.13. The number of benzene rings is 1. The smallest absolute Gasteiger partial charge is 0.303 e. The highest BCUT2D eigenvalue weighted by Gasteiger charge is 2.50. The van der Waals surface area contributed by atoms with Gasteiger partial charge in [0.25, 0.3) is 23.6 Å². The van der Waals surface area contributed by atoms with E-state index in [1.54, 1.807) is 0 Å². The summed E-state index contributed by atoms with van der Waals surface area (Å²) in [5, 5.41) is 36.8. The Morgan fingerprint density at radius 2 is 0.646 bits per heavy atom. The van der Waals surface area contributed by atoms with Crippen LogP contribution in [0, 0.1) is 29.6 Å². The summed E-state index contributed by atoms with van der Waals surface area (Å²) in [5.74, 6) is -9.06. The summed E-state index contributed by atoms with van der Waals surface area (Å²) in [6.07, 6.45) is 3.04. The Morgan fingerprint density at radius 3 is 0.979 bits per heavy atom. The van der Waals surface area contributed by atoms with Crippen molar-refractivity contribution in [3.05, 3.63) is 41.5 Å². The number of imide groups is 1. The van der Waals surface area contributed by atoms with Crippen LogP contribution in [0.2, 0.25) is 0 Å². The Kier molecular flexibility index (Phi) is 54.9. The van der Waals surface area contributed by atoms with E-state index in [-0.39, 0.29) is 218 Å². The number of nitrogens with zero attached hydrogens (tertiary/aromatic N) is 1. The second kappa shape index (κ2) is 64.9. The molecular formula is C100H160N14O30. The van der Waals surface area contributed by atoms with Gasteiger partial charge in [-0.05, 0) is 146 Å². The Bertz CT molecular complexity index is 4360. The largest absolute Gasteiger partial charge is 0.492 e. The van der Waals surface area contributed by atoms with Crippen molar-refractivity contribution in [2.45, 2.75) is 363 Å². The maximum atomic E-state index is 14.2. The first-order valence-electron chi connectivity index (χ1n) is 51.2. The van der Waals surface area contributed by atoms with Crippen LogP contribution >= 0.6 is 0 Å². The molecule has 13 N–H and O–H groups in total. The number of hydrogen-bond donors (Lipinski definition) is 13. The van der Waals surface area contributed by atoms with Gasteiger partial charge in [0.2, 0.25) is 65.0 Å². The van der Waals surface area contributed by atoms with Crippen LogP contribution in [0.4, 0.5) is 0 Å². The number of carbonyl (C=O) groups is 18. The number of rotatable bonds is 64. The molecule has 144 heavy (non-hydrogen) atoms. The highest BCUT2D eigenvalue weighted by atomic mass is 16.7. The molecule has 21 unspecified atom stereocenters. The van der Waals surface area contributed by atoms with Crippen LogP contribution in [0.3, 0.4) is 0 Å². The minimum absolute atomic E-state index is 0.00203. The van der Waals surface area contributed by atoms with Crippen LogP contribution < -0.4 is 73.9 Å². The van der Waals surface area contributed by atoms with Crippen molar-refractivity contribution in [3.63, 3.8) is 0 Å². The molecule has 0 aliphatic carbocycles. The molecule has 1 aromatic carbocycles. The molecule has 6 rings (SSSR count). The quantitative estimate of drug-likeness (QED) is 0.0190. The summed E-state index contributed by atoms with van der Waals surface area (Å²) in [7, 11) is 0.